The van der Waals surface area contributed by atoms with Gasteiger partial charge in [0.2, 0.25) is 5.82 Å². The van der Waals surface area contributed by atoms with Crippen molar-refractivity contribution < 1.29 is 4.92 Å². The van der Waals surface area contributed by atoms with Crippen molar-refractivity contribution in [3.63, 3.8) is 0 Å². The lowest BCUT2D eigenvalue weighted by atomic mass is 10.2. The maximum Gasteiger partial charge on any atom is 0.312 e. The summed E-state index contributed by atoms with van der Waals surface area (Å²) in [6, 6.07) is 11.1. The Labute approximate surface area is 112 Å². The third-order valence-corrected chi connectivity index (χ3v) is 2.77. The molecule has 1 aromatic carbocycles. The number of nitrogens with one attached hydrogen (secondary N) is 1. The summed E-state index contributed by atoms with van der Waals surface area (Å²) in [5.74, 6) is 0.270. The molecule has 1 heterocycles. The highest BCUT2D eigenvalue weighted by molar-refractivity contribution is 9.10. The average Bonchev–Trinajstić information content (AvgIpc) is 2.38. The summed E-state index contributed by atoms with van der Waals surface area (Å²) in [6.45, 7) is 0.496. The number of pyridine rings is 1. The Kier molecular flexibility index (Phi) is 3.88. The van der Waals surface area contributed by atoms with Crippen LogP contribution >= 0.6 is 15.9 Å². The van der Waals surface area contributed by atoms with Crippen LogP contribution in [0, 0.1) is 10.1 Å². The van der Waals surface area contributed by atoms with Gasteiger partial charge in [0.05, 0.1) is 4.92 Å². The first-order chi connectivity index (χ1) is 8.66. The first kappa shape index (κ1) is 12.5. The fourth-order valence-electron chi connectivity index (χ4n) is 1.49. The standard InChI is InChI=1S/C12H10BrN3O2/c13-10-6-11(16(17)18)12(15-8-10)14-7-9-4-2-1-3-5-9/h1-6,8H,7H2,(H,14,15). The minimum Gasteiger partial charge on any atom is -0.360 e. The second-order valence-corrected chi connectivity index (χ2v) is 4.53. The maximum atomic E-state index is 10.9. The zero-order valence-electron chi connectivity index (χ0n) is 9.34. The molecule has 1 N–H and O–H groups in total. The lowest BCUT2D eigenvalue weighted by Gasteiger charge is -2.06. The van der Waals surface area contributed by atoms with Gasteiger partial charge in [0.15, 0.2) is 0 Å². The zero-order valence-corrected chi connectivity index (χ0v) is 10.9. The van der Waals surface area contributed by atoms with Crippen LogP contribution in [0.4, 0.5) is 11.5 Å². The van der Waals surface area contributed by atoms with E-state index < -0.39 is 4.92 Å². The highest BCUT2D eigenvalue weighted by Crippen LogP contribution is 2.25. The summed E-state index contributed by atoms with van der Waals surface area (Å²) in [6.07, 6.45) is 1.53. The topological polar surface area (TPSA) is 68.1 Å². The van der Waals surface area contributed by atoms with E-state index in [1.165, 1.54) is 12.3 Å². The second-order valence-electron chi connectivity index (χ2n) is 3.62. The van der Waals surface area contributed by atoms with Crippen molar-refractivity contribution in [1.82, 2.24) is 4.98 Å². The maximum absolute atomic E-state index is 10.9. The van der Waals surface area contributed by atoms with E-state index in [2.05, 4.69) is 26.2 Å². The van der Waals surface area contributed by atoms with Gasteiger partial charge < -0.3 is 5.32 Å². The van der Waals surface area contributed by atoms with Gasteiger partial charge in [-0.2, -0.15) is 0 Å². The summed E-state index contributed by atoms with van der Waals surface area (Å²) in [5, 5.41) is 13.9. The van der Waals surface area contributed by atoms with E-state index in [1.807, 2.05) is 30.3 Å². The second kappa shape index (κ2) is 5.59. The molecule has 5 nitrogen and oxygen atoms in total. The van der Waals surface area contributed by atoms with Crippen LogP contribution in [0.15, 0.2) is 47.1 Å². The van der Waals surface area contributed by atoms with Crippen LogP contribution in [0.25, 0.3) is 0 Å². The lowest BCUT2D eigenvalue weighted by molar-refractivity contribution is -0.384. The summed E-state index contributed by atoms with van der Waals surface area (Å²) in [7, 11) is 0. The van der Waals surface area contributed by atoms with Crippen molar-refractivity contribution in [3.05, 3.63) is 62.7 Å². The summed E-state index contributed by atoms with van der Waals surface area (Å²) in [5.41, 5.74) is 0.997. The van der Waals surface area contributed by atoms with Crippen molar-refractivity contribution in [2.45, 2.75) is 6.54 Å². The normalized spacial score (nSPS) is 10.1. The summed E-state index contributed by atoms with van der Waals surface area (Å²) >= 11 is 3.17. The van der Waals surface area contributed by atoms with Crippen LogP contribution in [0.2, 0.25) is 0 Å². The van der Waals surface area contributed by atoms with Gasteiger partial charge >= 0.3 is 5.69 Å². The van der Waals surface area contributed by atoms with E-state index >= 15 is 0 Å². The molecular weight excluding hydrogens is 298 g/mol. The van der Waals surface area contributed by atoms with Gasteiger partial charge in [-0.15, -0.1) is 0 Å². The molecule has 0 saturated heterocycles. The first-order valence-electron chi connectivity index (χ1n) is 5.24. The molecule has 92 valence electrons. The molecule has 2 aromatic rings. The van der Waals surface area contributed by atoms with Crippen LogP contribution in [0.3, 0.4) is 0 Å². The number of rotatable bonds is 4. The van der Waals surface area contributed by atoms with E-state index in [0.717, 1.165) is 5.56 Å². The molecule has 2 rings (SSSR count). The third kappa shape index (κ3) is 3.04. The highest BCUT2D eigenvalue weighted by Gasteiger charge is 2.15. The SMILES string of the molecule is O=[N+]([O-])c1cc(Br)cnc1NCc1ccccc1. The zero-order chi connectivity index (χ0) is 13.0. The number of benzene rings is 1. The first-order valence-corrected chi connectivity index (χ1v) is 6.04. The lowest BCUT2D eigenvalue weighted by Crippen LogP contribution is -2.04. The van der Waals surface area contributed by atoms with E-state index in [9.17, 15) is 10.1 Å². The number of nitrogens with zero attached hydrogens (tertiary/aromatic N) is 2. The van der Waals surface area contributed by atoms with E-state index in [4.69, 9.17) is 0 Å². The van der Waals surface area contributed by atoms with Gasteiger partial charge in [-0.25, -0.2) is 4.98 Å². The summed E-state index contributed by atoms with van der Waals surface area (Å²) < 4.78 is 0.583. The minimum absolute atomic E-state index is 0.0414. The molecule has 0 aliphatic rings. The monoisotopic (exact) mass is 307 g/mol. The fraction of sp³-hybridized carbons (Fsp3) is 0.0833. The van der Waals surface area contributed by atoms with Crippen molar-refractivity contribution in [3.8, 4) is 0 Å². The molecule has 6 heteroatoms. The number of halogens is 1. The average molecular weight is 308 g/mol. The van der Waals surface area contributed by atoms with Crippen molar-refractivity contribution in [2.75, 3.05) is 5.32 Å². The molecular formula is C12H10BrN3O2. The molecule has 0 saturated carbocycles. The number of nitro groups is 1. The van der Waals surface area contributed by atoms with Crippen LogP contribution < -0.4 is 5.32 Å². The van der Waals surface area contributed by atoms with Crippen molar-refractivity contribution >= 4 is 27.4 Å². The van der Waals surface area contributed by atoms with Crippen LogP contribution in [0.5, 0.6) is 0 Å². The molecule has 0 unspecified atom stereocenters. The molecule has 18 heavy (non-hydrogen) atoms. The number of anilines is 1. The third-order valence-electron chi connectivity index (χ3n) is 2.33. The Balaban J connectivity index is 2.17. The van der Waals surface area contributed by atoms with Gasteiger partial charge in [-0.3, -0.25) is 10.1 Å². The fourth-order valence-corrected chi connectivity index (χ4v) is 1.80. The molecule has 0 atom stereocenters. The minimum atomic E-state index is -0.453. The smallest absolute Gasteiger partial charge is 0.312 e. The Hall–Kier alpha value is -1.95. The quantitative estimate of drug-likeness (QED) is 0.694. The Morgan fingerprint density at radius 1 is 1.33 bits per heavy atom. The van der Waals surface area contributed by atoms with E-state index in [0.29, 0.717) is 11.0 Å². The van der Waals surface area contributed by atoms with Crippen molar-refractivity contribution in [2.24, 2.45) is 0 Å². The largest absolute Gasteiger partial charge is 0.360 e. The number of aromatic nitrogens is 1. The highest BCUT2D eigenvalue weighted by atomic mass is 79.9. The molecule has 0 fully saturated rings. The van der Waals surface area contributed by atoms with Crippen LogP contribution in [-0.4, -0.2) is 9.91 Å². The Bertz CT molecular complexity index is 561. The molecule has 0 aliphatic heterocycles. The van der Waals surface area contributed by atoms with Gasteiger partial charge in [-0.1, -0.05) is 30.3 Å². The Morgan fingerprint density at radius 2 is 2.06 bits per heavy atom. The van der Waals surface area contributed by atoms with Crippen molar-refractivity contribution in [1.29, 1.82) is 0 Å². The van der Waals surface area contributed by atoms with E-state index in [-0.39, 0.29) is 11.5 Å². The van der Waals surface area contributed by atoms with Gasteiger partial charge in [0, 0.05) is 23.3 Å². The number of hydrogen-bond acceptors (Lipinski definition) is 4. The molecule has 0 aliphatic carbocycles. The van der Waals surface area contributed by atoms with E-state index in [1.54, 1.807) is 0 Å². The molecule has 0 bridgehead atoms. The predicted molar refractivity (Wildman–Crippen MR) is 72.4 cm³/mol. The van der Waals surface area contributed by atoms with Gasteiger partial charge in [-0.05, 0) is 21.5 Å². The van der Waals surface area contributed by atoms with Gasteiger partial charge in [0.25, 0.3) is 0 Å². The molecule has 0 amide bonds. The summed E-state index contributed by atoms with van der Waals surface area (Å²) in [4.78, 5) is 14.5. The molecule has 0 radical (unpaired) electrons. The molecule has 0 spiro atoms. The Morgan fingerprint density at radius 3 is 2.72 bits per heavy atom. The van der Waals surface area contributed by atoms with Crippen LogP contribution in [-0.2, 0) is 6.54 Å². The van der Waals surface area contributed by atoms with Gasteiger partial charge in [0.1, 0.15) is 0 Å². The number of hydrogen-bond donors (Lipinski definition) is 1. The van der Waals surface area contributed by atoms with Crippen LogP contribution in [0.1, 0.15) is 5.56 Å². The molecule has 1 aromatic heterocycles. The predicted octanol–water partition coefficient (Wildman–Crippen LogP) is 3.36.